The molecule has 2 heterocycles. The third-order valence-electron chi connectivity index (χ3n) is 6.60. The molecule has 1 aromatic carbocycles. The molecular weight excluding hydrogens is 506 g/mol. The van der Waals surface area contributed by atoms with Gasteiger partial charge in [-0.3, -0.25) is 4.79 Å². The van der Waals surface area contributed by atoms with Crippen molar-refractivity contribution >= 4 is 18.0 Å². The summed E-state index contributed by atoms with van der Waals surface area (Å²) < 4.78 is 11.7. The highest BCUT2D eigenvalue weighted by atomic mass is 16.5. The molecule has 0 unspecified atom stereocenters. The number of allylic oxidation sites excluding steroid dienone is 4. The highest BCUT2D eigenvalue weighted by Crippen LogP contribution is 2.29. The van der Waals surface area contributed by atoms with Crippen molar-refractivity contribution in [2.45, 2.75) is 84.8 Å². The molecule has 2 aromatic rings. The number of carbonyl (C=O) groups is 2. The Bertz CT molecular complexity index is 1240. The number of ether oxygens (including phenoxy) is 1. The zero-order chi connectivity index (χ0) is 29.3. The predicted octanol–water partition coefficient (Wildman–Crippen LogP) is 5.63. The van der Waals surface area contributed by atoms with Crippen LogP contribution in [0.25, 0.3) is 6.08 Å². The second kappa shape index (κ2) is 14.1. The number of carboxylic acids is 1. The average molecular weight is 550 g/mol. The normalized spacial score (nSPS) is 17.6. The molecule has 1 fully saturated rings. The van der Waals surface area contributed by atoms with Gasteiger partial charge in [-0.25, -0.2) is 9.78 Å². The molecule has 0 bridgehead atoms. The van der Waals surface area contributed by atoms with Gasteiger partial charge in [-0.2, -0.15) is 0 Å². The first-order chi connectivity index (χ1) is 18.9. The van der Waals surface area contributed by atoms with E-state index >= 15 is 0 Å². The Morgan fingerprint density at radius 2 is 1.95 bits per heavy atom. The predicted molar refractivity (Wildman–Crippen MR) is 157 cm³/mol. The zero-order valence-electron chi connectivity index (χ0n) is 24.4. The highest BCUT2D eigenvalue weighted by molar-refractivity contribution is 5.92. The van der Waals surface area contributed by atoms with Crippen molar-refractivity contribution in [3.63, 3.8) is 0 Å². The molecule has 3 N–H and O–H groups in total. The molecule has 4 rings (SSSR count). The number of amides is 1. The molecule has 0 saturated heterocycles. The molecule has 2 aliphatic rings. The largest absolute Gasteiger partial charge is 0.493 e. The lowest BCUT2D eigenvalue weighted by Gasteiger charge is -2.34. The summed E-state index contributed by atoms with van der Waals surface area (Å²) in [6.07, 6.45) is 15.4. The van der Waals surface area contributed by atoms with Crippen LogP contribution in [0.3, 0.4) is 0 Å². The van der Waals surface area contributed by atoms with Gasteiger partial charge >= 0.3 is 5.97 Å². The molecular formula is C32H43N3O5. The Morgan fingerprint density at radius 3 is 2.58 bits per heavy atom. The van der Waals surface area contributed by atoms with Gasteiger partial charge in [-0.05, 0) is 82.7 Å². The van der Waals surface area contributed by atoms with Gasteiger partial charge in [0.2, 0.25) is 11.8 Å². The van der Waals surface area contributed by atoms with Gasteiger partial charge in [-0.1, -0.05) is 36.8 Å². The molecule has 1 aliphatic heterocycles. The molecule has 1 aromatic heterocycles. The smallest absolute Gasteiger partial charge is 0.326 e. The van der Waals surface area contributed by atoms with Crippen molar-refractivity contribution in [2.24, 2.45) is 11.7 Å². The van der Waals surface area contributed by atoms with Crippen molar-refractivity contribution in [1.29, 1.82) is 0 Å². The molecule has 0 spiro atoms. The number of rotatable bonds is 9. The van der Waals surface area contributed by atoms with Crippen molar-refractivity contribution in [2.75, 3.05) is 6.61 Å². The van der Waals surface area contributed by atoms with E-state index in [0.717, 1.165) is 22.6 Å². The Labute approximate surface area is 237 Å². The summed E-state index contributed by atoms with van der Waals surface area (Å²) >= 11 is 0. The fourth-order valence-electron chi connectivity index (χ4n) is 4.32. The van der Waals surface area contributed by atoms with Crippen LogP contribution >= 0.6 is 0 Å². The molecule has 1 amide bonds. The van der Waals surface area contributed by atoms with Crippen LogP contribution in [0.2, 0.25) is 0 Å². The van der Waals surface area contributed by atoms with Crippen molar-refractivity contribution < 1.29 is 23.8 Å². The number of benzene rings is 1. The van der Waals surface area contributed by atoms with Crippen LogP contribution in [-0.4, -0.2) is 45.1 Å². The topological polar surface area (TPSA) is 119 Å². The van der Waals surface area contributed by atoms with E-state index in [1.807, 2.05) is 58.9 Å². The molecule has 8 heteroatoms. The fraction of sp³-hybridized carbons (Fsp3) is 0.469. The summed E-state index contributed by atoms with van der Waals surface area (Å²) in [5, 5.41) is 9.66. The number of aryl methyl sites for hydroxylation is 1. The van der Waals surface area contributed by atoms with E-state index in [4.69, 9.17) is 14.9 Å². The summed E-state index contributed by atoms with van der Waals surface area (Å²) in [7, 11) is 0. The summed E-state index contributed by atoms with van der Waals surface area (Å²) in [6, 6.07) is 4.75. The van der Waals surface area contributed by atoms with Gasteiger partial charge in [-0.15, -0.1) is 0 Å². The maximum atomic E-state index is 12.6. The van der Waals surface area contributed by atoms with E-state index in [-0.39, 0.29) is 24.4 Å². The summed E-state index contributed by atoms with van der Waals surface area (Å²) in [5.74, 6) is 1.44. The van der Waals surface area contributed by atoms with Gasteiger partial charge in [0.15, 0.2) is 0 Å². The fourth-order valence-corrected chi connectivity index (χ4v) is 4.32. The first-order valence-electron chi connectivity index (χ1n) is 14.0. The molecule has 1 saturated carbocycles. The first-order valence-corrected chi connectivity index (χ1v) is 14.0. The molecule has 216 valence electrons. The van der Waals surface area contributed by atoms with Gasteiger partial charge < -0.3 is 24.9 Å². The number of carboxylic acid groups (broad SMARTS) is 1. The molecule has 1 atom stereocenters. The first kappa shape index (κ1) is 30.9. The lowest BCUT2D eigenvalue weighted by molar-refractivity contribution is -0.149. The van der Waals surface area contributed by atoms with Crippen molar-refractivity contribution in [3.05, 3.63) is 77.1 Å². The Balaban J connectivity index is 0.000000810. The number of hydrogen-bond donors (Lipinski definition) is 2. The maximum Gasteiger partial charge on any atom is 0.326 e. The number of hydrogen-bond acceptors (Lipinski definition) is 6. The third-order valence-corrected chi connectivity index (χ3v) is 6.60. The number of nitrogens with zero attached hydrogens (tertiary/aromatic N) is 2. The van der Waals surface area contributed by atoms with E-state index < -0.39 is 12.0 Å². The number of aromatic nitrogens is 1. The molecule has 1 aliphatic carbocycles. The third kappa shape index (κ3) is 9.52. The summed E-state index contributed by atoms with van der Waals surface area (Å²) in [5.41, 5.74) is 8.05. The van der Waals surface area contributed by atoms with E-state index in [0.29, 0.717) is 30.6 Å². The monoisotopic (exact) mass is 549 g/mol. The van der Waals surface area contributed by atoms with Crippen LogP contribution in [0.4, 0.5) is 0 Å². The SMILES string of the molecule is C/C=C/C=C/C(=O)N1Cc2cc(OCCc3nc(/C=C/C4CCC4)oc3C)ccc2C[C@H]1C(=O)O.CC(C)(C)N. The quantitative estimate of drug-likeness (QED) is 0.307. The lowest BCUT2D eigenvalue weighted by atomic mass is 9.85. The van der Waals surface area contributed by atoms with Crippen LogP contribution in [0, 0.1) is 12.8 Å². The van der Waals surface area contributed by atoms with Gasteiger partial charge in [0.25, 0.3) is 0 Å². The van der Waals surface area contributed by atoms with Crippen LogP contribution in [0.5, 0.6) is 5.75 Å². The maximum absolute atomic E-state index is 12.6. The van der Waals surface area contributed by atoms with Crippen LogP contribution in [0.1, 0.15) is 75.4 Å². The summed E-state index contributed by atoms with van der Waals surface area (Å²) in [6.45, 7) is 10.3. The minimum absolute atomic E-state index is 0. The number of carbonyl (C=O) groups excluding carboxylic acids is 1. The van der Waals surface area contributed by atoms with Crippen LogP contribution in [-0.2, 0) is 29.0 Å². The van der Waals surface area contributed by atoms with Crippen molar-refractivity contribution in [3.8, 4) is 5.75 Å². The van der Waals surface area contributed by atoms with Crippen LogP contribution in [0.15, 0.2) is 53.0 Å². The summed E-state index contributed by atoms with van der Waals surface area (Å²) in [4.78, 5) is 30.4. The number of fused-ring (bicyclic) bond motifs is 1. The Hall–Kier alpha value is -3.65. The van der Waals surface area contributed by atoms with E-state index in [1.54, 1.807) is 18.2 Å². The molecule has 8 nitrogen and oxygen atoms in total. The van der Waals surface area contributed by atoms with Gasteiger partial charge in [0.1, 0.15) is 17.6 Å². The molecule has 0 radical (unpaired) electrons. The van der Waals surface area contributed by atoms with E-state index in [2.05, 4.69) is 11.1 Å². The standard InChI is InChI=1S/C28H32N2O5.C4H11N/c1-3-4-5-9-27(31)30-18-22-16-23(12-11-21(22)17-25(30)28(32)33)34-15-14-24-19(2)35-26(29-24)13-10-20-7-6-8-20;1-4(2,3)5/h3-5,9-13,16,20,25H,6-8,14-15,17-18H2,1-2H3,(H,32,33);5H2,1-3H3/b4-3+,9-5+,13-10+;/t25-;/m0./s1. The second-order valence-corrected chi connectivity index (χ2v) is 11.4. The lowest BCUT2D eigenvalue weighted by Crippen LogP contribution is -2.48. The zero-order valence-corrected chi connectivity index (χ0v) is 24.4. The number of oxazole rings is 1. The minimum atomic E-state index is -1.01. The number of aliphatic carboxylic acids is 1. The van der Waals surface area contributed by atoms with E-state index in [9.17, 15) is 14.7 Å². The van der Waals surface area contributed by atoms with E-state index in [1.165, 1.54) is 30.2 Å². The van der Waals surface area contributed by atoms with Gasteiger partial charge in [0.05, 0.1) is 12.3 Å². The number of nitrogens with two attached hydrogens (primary N) is 1. The average Bonchev–Trinajstić information content (AvgIpc) is 3.20. The Morgan fingerprint density at radius 1 is 1.23 bits per heavy atom. The highest BCUT2D eigenvalue weighted by Gasteiger charge is 2.33. The minimum Gasteiger partial charge on any atom is -0.493 e. The van der Waals surface area contributed by atoms with Crippen LogP contribution < -0.4 is 10.5 Å². The van der Waals surface area contributed by atoms with Gasteiger partial charge in [0, 0.05) is 31.0 Å². The second-order valence-electron chi connectivity index (χ2n) is 11.4. The molecule has 40 heavy (non-hydrogen) atoms. The Kier molecular flexibility index (Phi) is 10.9. The van der Waals surface area contributed by atoms with Crippen molar-refractivity contribution in [1.82, 2.24) is 9.88 Å².